The minimum absolute atomic E-state index is 0.0521. The fourth-order valence-electron chi connectivity index (χ4n) is 3.98. The molecule has 3 unspecified atom stereocenters. The highest BCUT2D eigenvalue weighted by Crippen LogP contribution is 2.33. The Labute approximate surface area is 208 Å². The number of carbonyl (C=O) groups is 3. The maximum atomic E-state index is 14.3. The number of halogens is 5. The van der Waals surface area contributed by atoms with Gasteiger partial charge in [-0.15, -0.1) is 0 Å². The number of rotatable bonds is 9. The minimum atomic E-state index is -4.84. The van der Waals surface area contributed by atoms with Crippen molar-refractivity contribution in [2.45, 2.75) is 56.1 Å². The average Bonchev–Trinajstić information content (AvgIpc) is 3.16. The fraction of sp³-hybridized carbons (Fsp3) is 0.417. The van der Waals surface area contributed by atoms with Crippen molar-refractivity contribution in [3.8, 4) is 0 Å². The molecular formula is C24H25F5N4O4. The number of hydrogen-bond donors (Lipinski definition) is 3. The Morgan fingerprint density at radius 3 is 2.41 bits per heavy atom. The van der Waals surface area contributed by atoms with Gasteiger partial charge in [0, 0.05) is 25.4 Å². The molecule has 0 saturated carbocycles. The van der Waals surface area contributed by atoms with Crippen LogP contribution >= 0.6 is 0 Å². The summed E-state index contributed by atoms with van der Waals surface area (Å²) in [7, 11) is 0. The largest absolute Gasteiger partial charge is 0.397 e. The topological polar surface area (TPSA) is 112 Å². The van der Waals surface area contributed by atoms with Crippen molar-refractivity contribution in [2.24, 2.45) is 0 Å². The number of aromatic nitrogens is 1. The molecule has 2 aromatic rings. The van der Waals surface area contributed by atoms with Crippen molar-refractivity contribution in [2.75, 3.05) is 6.54 Å². The van der Waals surface area contributed by atoms with Crippen LogP contribution in [0.1, 0.15) is 24.0 Å². The lowest BCUT2D eigenvalue weighted by Gasteiger charge is -2.30. The van der Waals surface area contributed by atoms with Crippen LogP contribution in [0.15, 0.2) is 54.9 Å². The van der Waals surface area contributed by atoms with E-state index in [2.05, 4.69) is 10.3 Å². The molecule has 3 amide bonds. The molecule has 37 heavy (non-hydrogen) atoms. The van der Waals surface area contributed by atoms with Crippen molar-refractivity contribution in [3.63, 3.8) is 0 Å². The SMILES string of the molecule is O=C(CC(F)(F)F)NC(Cc1ccccc1)C(O)C(=O)N1CC(F)(F)CC1C(=O)NCc1cccnc1. The molecule has 3 N–H and O–H groups in total. The Kier molecular flexibility index (Phi) is 8.79. The van der Waals surface area contributed by atoms with Crippen molar-refractivity contribution in [3.05, 3.63) is 66.0 Å². The molecule has 200 valence electrons. The quantitative estimate of drug-likeness (QED) is 0.431. The molecule has 0 bridgehead atoms. The molecule has 1 aromatic carbocycles. The Morgan fingerprint density at radius 1 is 1.11 bits per heavy atom. The van der Waals surface area contributed by atoms with Crippen molar-refractivity contribution in [1.82, 2.24) is 20.5 Å². The van der Waals surface area contributed by atoms with Gasteiger partial charge in [-0.25, -0.2) is 8.78 Å². The maximum Gasteiger partial charge on any atom is 0.397 e. The summed E-state index contributed by atoms with van der Waals surface area (Å²) >= 11 is 0. The van der Waals surface area contributed by atoms with E-state index in [0.29, 0.717) is 16.0 Å². The third-order valence-corrected chi connectivity index (χ3v) is 5.69. The average molecular weight is 528 g/mol. The predicted molar refractivity (Wildman–Crippen MR) is 120 cm³/mol. The van der Waals surface area contributed by atoms with E-state index in [1.54, 1.807) is 42.5 Å². The number of carbonyl (C=O) groups excluding carboxylic acids is 3. The number of nitrogens with zero attached hydrogens (tertiary/aromatic N) is 2. The van der Waals surface area contributed by atoms with E-state index in [1.165, 1.54) is 12.4 Å². The van der Waals surface area contributed by atoms with E-state index >= 15 is 0 Å². The molecule has 0 radical (unpaired) electrons. The van der Waals surface area contributed by atoms with Crippen LogP contribution < -0.4 is 10.6 Å². The summed E-state index contributed by atoms with van der Waals surface area (Å²) in [5, 5.41) is 15.2. The van der Waals surface area contributed by atoms with E-state index in [4.69, 9.17) is 0 Å². The van der Waals surface area contributed by atoms with E-state index in [1.807, 2.05) is 5.32 Å². The van der Waals surface area contributed by atoms with E-state index in [0.717, 1.165) is 0 Å². The smallest absolute Gasteiger partial charge is 0.381 e. The maximum absolute atomic E-state index is 14.3. The van der Waals surface area contributed by atoms with E-state index in [9.17, 15) is 41.4 Å². The van der Waals surface area contributed by atoms with Crippen LogP contribution in [-0.2, 0) is 27.3 Å². The molecule has 0 aliphatic carbocycles. The summed E-state index contributed by atoms with van der Waals surface area (Å²) in [6.07, 6.45) is -7.21. The highest BCUT2D eigenvalue weighted by Gasteiger charge is 2.51. The van der Waals surface area contributed by atoms with Gasteiger partial charge in [-0.2, -0.15) is 13.2 Å². The molecule has 2 heterocycles. The molecule has 3 atom stereocenters. The highest BCUT2D eigenvalue weighted by molar-refractivity contribution is 5.91. The Bertz CT molecular complexity index is 1090. The van der Waals surface area contributed by atoms with Gasteiger partial charge in [-0.1, -0.05) is 36.4 Å². The number of hydrogen-bond acceptors (Lipinski definition) is 5. The standard InChI is InChI=1S/C24H25F5N4O4/c25-23(26)10-18(21(36)31-13-16-7-4-8-30-12-16)33(14-23)22(37)20(35)17(9-15-5-2-1-3-6-15)32-19(34)11-24(27,28)29/h1-8,12,17-18,20,35H,9-11,13-14H2,(H,31,36)(H,32,34). The normalized spacial score (nSPS) is 18.6. The van der Waals surface area contributed by atoms with Gasteiger partial charge in [0.15, 0.2) is 6.10 Å². The van der Waals surface area contributed by atoms with Gasteiger partial charge < -0.3 is 20.6 Å². The number of alkyl halides is 5. The second-order valence-electron chi connectivity index (χ2n) is 8.72. The summed E-state index contributed by atoms with van der Waals surface area (Å²) in [6.45, 7) is -1.23. The molecular weight excluding hydrogens is 503 g/mol. The zero-order valence-electron chi connectivity index (χ0n) is 19.4. The first-order valence-corrected chi connectivity index (χ1v) is 11.3. The van der Waals surface area contributed by atoms with Crippen molar-refractivity contribution in [1.29, 1.82) is 0 Å². The first-order chi connectivity index (χ1) is 17.3. The minimum Gasteiger partial charge on any atom is -0.381 e. The van der Waals surface area contributed by atoms with Gasteiger partial charge in [0.25, 0.3) is 11.8 Å². The van der Waals surface area contributed by atoms with Crippen LogP contribution in [0.4, 0.5) is 22.0 Å². The van der Waals surface area contributed by atoms with Crippen LogP contribution in [0.5, 0.6) is 0 Å². The number of benzene rings is 1. The van der Waals surface area contributed by atoms with Crippen LogP contribution in [-0.4, -0.2) is 69.5 Å². The van der Waals surface area contributed by atoms with Crippen LogP contribution in [0.2, 0.25) is 0 Å². The number of aliphatic hydroxyl groups is 1. The lowest BCUT2D eigenvalue weighted by atomic mass is 9.99. The molecule has 13 heteroatoms. The summed E-state index contributed by atoms with van der Waals surface area (Å²) < 4.78 is 66.6. The summed E-state index contributed by atoms with van der Waals surface area (Å²) in [4.78, 5) is 42.1. The van der Waals surface area contributed by atoms with E-state index < -0.39 is 67.4 Å². The Morgan fingerprint density at radius 2 is 1.78 bits per heavy atom. The third kappa shape index (κ3) is 8.20. The summed E-state index contributed by atoms with van der Waals surface area (Å²) in [5.41, 5.74) is 1.04. The Balaban J connectivity index is 1.77. The van der Waals surface area contributed by atoms with Crippen LogP contribution in [0, 0.1) is 0 Å². The first-order valence-electron chi connectivity index (χ1n) is 11.3. The first kappa shape index (κ1) is 28.0. The van der Waals surface area contributed by atoms with Gasteiger partial charge in [-0.3, -0.25) is 19.4 Å². The van der Waals surface area contributed by atoms with Crippen molar-refractivity contribution >= 4 is 17.7 Å². The van der Waals surface area contributed by atoms with E-state index in [-0.39, 0.29) is 13.0 Å². The van der Waals surface area contributed by atoms with Gasteiger partial charge in [-0.05, 0) is 23.6 Å². The molecule has 0 spiro atoms. The molecule has 3 rings (SSSR count). The number of aliphatic hydroxyl groups excluding tert-OH is 1. The molecule has 1 saturated heterocycles. The van der Waals surface area contributed by atoms with Gasteiger partial charge >= 0.3 is 6.18 Å². The van der Waals surface area contributed by atoms with Crippen LogP contribution in [0.25, 0.3) is 0 Å². The monoisotopic (exact) mass is 528 g/mol. The molecule has 1 aromatic heterocycles. The second kappa shape index (κ2) is 11.6. The zero-order chi connectivity index (χ0) is 27.2. The number of pyridine rings is 1. The number of nitrogens with one attached hydrogen (secondary N) is 2. The van der Waals surface area contributed by atoms with Gasteiger partial charge in [0.1, 0.15) is 12.5 Å². The highest BCUT2D eigenvalue weighted by atomic mass is 19.4. The molecule has 1 aliphatic rings. The molecule has 1 aliphatic heterocycles. The Hall–Kier alpha value is -3.61. The summed E-state index contributed by atoms with van der Waals surface area (Å²) in [6, 6.07) is 8.00. The second-order valence-corrected chi connectivity index (χ2v) is 8.72. The number of likely N-dealkylation sites (tertiary alicyclic amines) is 1. The third-order valence-electron chi connectivity index (χ3n) is 5.69. The number of amides is 3. The molecule has 8 nitrogen and oxygen atoms in total. The predicted octanol–water partition coefficient (Wildman–Crippen LogP) is 1.97. The van der Waals surface area contributed by atoms with Gasteiger partial charge in [0.2, 0.25) is 11.8 Å². The lowest BCUT2D eigenvalue weighted by molar-refractivity contribution is -0.156. The molecule has 1 fully saturated rings. The summed E-state index contributed by atoms with van der Waals surface area (Å²) in [5.74, 6) is -7.16. The lowest BCUT2D eigenvalue weighted by Crippen LogP contribution is -2.56. The van der Waals surface area contributed by atoms with Crippen molar-refractivity contribution < 1.29 is 41.4 Å². The van der Waals surface area contributed by atoms with Gasteiger partial charge in [0.05, 0.1) is 12.6 Å². The zero-order valence-corrected chi connectivity index (χ0v) is 19.4. The van der Waals surface area contributed by atoms with Crippen LogP contribution in [0.3, 0.4) is 0 Å². The fourth-order valence-corrected chi connectivity index (χ4v) is 3.98.